The monoisotopic (exact) mass is 309 g/mol. The van der Waals surface area contributed by atoms with Gasteiger partial charge in [0, 0.05) is 17.8 Å². The number of hydrogen-bond donors (Lipinski definition) is 1. The minimum atomic E-state index is -0.428. The number of esters is 1. The van der Waals surface area contributed by atoms with Crippen LogP contribution >= 0.6 is 0 Å². The van der Waals surface area contributed by atoms with Crippen molar-refractivity contribution in [2.45, 2.75) is 13.3 Å². The Kier molecular flexibility index (Phi) is 5.69. The number of anilines is 1. The van der Waals surface area contributed by atoms with Gasteiger partial charge in [0.15, 0.2) is 5.78 Å². The summed E-state index contributed by atoms with van der Waals surface area (Å²) in [5, 5.41) is 2.95. The maximum atomic E-state index is 12.1. The average molecular weight is 309 g/mol. The Morgan fingerprint density at radius 2 is 1.78 bits per heavy atom. The third-order valence-corrected chi connectivity index (χ3v) is 3.45. The lowest BCUT2D eigenvalue weighted by Crippen LogP contribution is -2.05. The van der Waals surface area contributed by atoms with Crippen molar-refractivity contribution in [2.75, 3.05) is 12.4 Å². The lowest BCUT2D eigenvalue weighted by atomic mass is 10.1. The Morgan fingerprint density at radius 3 is 2.43 bits per heavy atom. The molecule has 0 saturated heterocycles. The first kappa shape index (κ1) is 16.5. The van der Waals surface area contributed by atoms with Crippen LogP contribution in [0.5, 0.6) is 0 Å². The lowest BCUT2D eigenvalue weighted by Gasteiger charge is -2.06. The first-order valence-electron chi connectivity index (χ1n) is 7.39. The van der Waals surface area contributed by atoms with E-state index >= 15 is 0 Å². The number of carbonyl (C=O) groups excluding carboxylic acids is 2. The van der Waals surface area contributed by atoms with Gasteiger partial charge in [0.2, 0.25) is 0 Å². The molecule has 2 aromatic carbocycles. The molecular formula is C19H19NO3. The van der Waals surface area contributed by atoms with Crippen molar-refractivity contribution in [1.29, 1.82) is 0 Å². The van der Waals surface area contributed by atoms with Crippen LogP contribution in [-0.4, -0.2) is 18.9 Å². The molecule has 0 aliphatic carbocycles. The van der Waals surface area contributed by atoms with Crippen LogP contribution < -0.4 is 5.32 Å². The third-order valence-electron chi connectivity index (χ3n) is 3.45. The van der Waals surface area contributed by atoms with E-state index in [2.05, 4.69) is 12.2 Å². The second-order valence-corrected chi connectivity index (χ2v) is 4.93. The molecule has 118 valence electrons. The van der Waals surface area contributed by atoms with Crippen molar-refractivity contribution < 1.29 is 14.3 Å². The molecule has 0 amide bonds. The molecular weight excluding hydrogens is 290 g/mol. The van der Waals surface area contributed by atoms with Crippen LogP contribution in [0.4, 0.5) is 5.69 Å². The van der Waals surface area contributed by atoms with Crippen molar-refractivity contribution in [1.82, 2.24) is 0 Å². The van der Waals surface area contributed by atoms with Gasteiger partial charge in [0.05, 0.1) is 18.4 Å². The van der Waals surface area contributed by atoms with E-state index in [0.717, 1.165) is 6.42 Å². The molecule has 0 spiro atoms. The fourth-order valence-corrected chi connectivity index (χ4v) is 2.11. The van der Waals surface area contributed by atoms with Crippen molar-refractivity contribution in [3.05, 3.63) is 77.5 Å². The fraction of sp³-hybridized carbons (Fsp3) is 0.158. The normalized spacial score (nSPS) is 10.5. The topological polar surface area (TPSA) is 55.4 Å². The Bertz CT molecular complexity index is 718. The summed E-state index contributed by atoms with van der Waals surface area (Å²) >= 11 is 0. The largest absolute Gasteiger partial charge is 0.465 e. The first-order valence-corrected chi connectivity index (χ1v) is 7.39. The summed E-state index contributed by atoms with van der Waals surface area (Å²) in [4.78, 5) is 23.8. The van der Waals surface area contributed by atoms with E-state index in [4.69, 9.17) is 4.74 Å². The molecule has 0 fully saturated rings. The van der Waals surface area contributed by atoms with Crippen molar-refractivity contribution in [2.24, 2.45) is 0 Å². The SMILES string of the molecule is CCc1ccc(C(=O)/C=C\Nc2ccccc2C(=O)OC)cc1. The number of methoxy groups -OCH3 is 1. The molecule has 0 radical (unpaired) electrons. The highest BCUT2D eigenvalue weighted by atomic mass is 16.5. The number of aryl methyl sites for hydroxylation is 1. The average Bonchev–Trinajstić information content (AvgIpc) is 2.61. The number of allylic oxidation sites excluding steroid dienone is 1. The van der Waals surface area contributed by atoms with Crippen LogP contribution in [0.2, 0.25) is 0 Å². The van der Waals surface area contributed by atoms with Gasteiger partial charge in [-0.25, -0.2) is 4.79 Å². The molecule has 23 heavy (non-hydrogen) atoms. The van der Waals surface area contributed by atoms with E-state index in [-0.39, 0.29) is 5.78 Å². The van der Waals surface area contributed by atoms with Gasteiger partial charge < -0.3 is 10.1 Å². The van der Waals surface area contributed by atoms with Gasteiger partial charge in [-0.1, -0.05) is 43.3 Å². The van der Waals surface area contributed by atoms with Crippen LogP contribution in [0.3, 0.4) is 0 Å². The summed E-state index contributed by atoms with van der Waals surface area (Å²) in [5.41, 5.74) is 2.82. The number of ether oxygens (including phenoxy) is 1. The molecule has 4 heteroatoms. The molecule has 0 atom stereocenters. The maximum Gasteiger partial charge on any atom is 0.339 e. The second-order valence-electron chi connectivity index (χ2n) is 4.93. The molecule has 2 rings (SSSR count). The van der Waals surface area contributed by atoms with E-state index in [1.165, 1.54) is 24.9 Å². The van der Waals surface area contributed by atoms with E-state index in [1.807, 2.05) is 24.3 Å². The second kappa shape index (κ2) is 7.94. The van der Waals surface area contributed by atoms with Gasteiger partial charge in [-0.2, -0.15) is 0 Å². The molecule has 0 bridgehead atoms. The molecule has 4 nitrogen and oxygen atoms in total. The summed E-state index contributed by atoms with van der Waals surface area (Å²) in [5.74, 6) is -0.529. The molecule has 2 aromatic rings. The van der Waals surface area contributed by atoms with E-state index in [0.29, 0.717) is 16.8 Å². The van der Waals surface area contributed by atoms with E-state index in [9.17, 15) is 9.59 Å². The standard InChI is InChI=1S/C19H19NO3/c1-3-14-8-10-15(11-9-14)18(21)12-13-20-17-7-5-4-6-16(17)19(22)23-2/h4-13,20H,3H2,1-2H3/b13-12-. The Morgan fingerprint density at radius 1 is 1.09 bits per heavy atom. The smallest absolute Gasteiger partial charge is 0.339 e. The molecule has 0 aliphatic heterocycles. The predicted octanol–water partition coefficient (Wildman–Crippen LogP) is 3.84. The molecule has 1 N–H and O–H groups in total. The van der Waals surface area contributed by atoms with Gasteiger partial charge >= 0.3 is 5.97 Å². The number of para-hydroxylation sites is 1. The van der Waals surface area contributed by atoms with Crippen LogP contribution in [0.1, 0.15) is 33.2 Å². The number of hydrogen-bond acceptors (Lipinski definition) is 4. The van der Waals surface area contributed by atoms with Crippen molar-refractivity contribution in [3.63, 3.8) is 0 Å². The van der Waals surface area contributed by atoms with Crippen molar-refractivity contribution >= 4 is 17.4 Å². The molecule has 0 aliphatic rings. The summed E-state index contributed by atoms with van der Waals surface area (Å²) in [7, 11) is 1.33. The van der Waals surface area contributed by atoms with Crippen LogP contribution in [0.15, 0.2) is 60.8 Å². The Hall–Kier alpha value is -2.88. The first-order chi connectivity index (χ1) is 11.2. The van der Waals surface area contributed by atoms with Gasteiger partial charge in [0.1, 0.15) is 0 Å². The summed E-state index contributed by atoms with van der Waals surface area (Å²) in [6.07, 6.45) is 3.91. The van der Waals surface area contributed by atoms with Crippen LogP contribution in [-0.2, 0) is 11.2 Å². The summed E-state index contributed by atoms with van der Waals surface area (Å²) in [6.45, 7) is 2.07. The number of ketones is 1. The summed E-state index contributed by atoms with van der Waals surface area (Å²) < 4.78 is 4.73. The zero-order valence-corrected chi connectivity index (χ0v) is 13.2. The highest BCUT2D eigenvalue weighted by Crippen LogP contribution is 2.16. The minimum absolute atomic E-state index is 0.101. The van der Waals surface area contributed by atoms with Crippen molar-refractivity contribution in [3.8, 4) is 0 Å². The van der Waals surface area contributed by atoms with Gasteiger partial charge in [-0.3, -0.25) is 4.79 Å². The van der Waals surface area contributed by atoms with E-state index in [1.54, 1.807) is 24.3 Å². The van der Waals surface area contributed by atoms with Crippen LogP contribution in [0, 0.1) is 0 Å². The molecule has 0 heterocycles. The fourth-order valence-electron chi connectivity index (χ4n) is 2.11. The Balaban J connectivity index is 2.06. The predicted molar refractivity (Wildman–Crippen MR) is 90.7 cm³/mol. The van der Waals surface area contributed by atoms with Crippen LogP contribution in [0.25, 0.3) is 0 Å². The zero-order chi connectivity index (χ0) is 16.7. The van der Waals surface area contributed by atoms with Gasteiger partial charge in [0.25, 0.3) is 0 Å². The Labute approximate surface area is 135 Å². The minimum Gasteiger partial charge on any atom is -0.465 e. The number of carbonyl (C=O) groups is 2. The number of benzene rings is 2. The van der Waals surface area contributed by atoms with Gasteiger partial charge in [-0.15, -0.1) is 0 Å². The molecule has 0 aromatic heterocycles. The van der Waals surface area contributed by atoms with E-state index < -0.39 is 5.97 Å². The quantitative estimate of drug-likeness (QED) is 0.500. The zero-order valence-electron chi connectivity index (χ0n) is 13.2. The van der Waals surface area contributed by atoms with Gasteiger partial charge in [-0.05, 0) is 24.1 Å². The molecule has 0 unspecified atom stereocenters. The highest BCUT2D eigenvalue weighted by Gasteiger charge is 2.09. The number of rotatable bonds is 6. The number of nitrogens with one attached hydrogen (secondary N) is 1. The highest BCUT2D eigenvalue weighted by molar-refractivity contribution is 6.04. The lowest BCUT2D eigenvalue weighted by molar-refractivity contribution is 0.0601. The molecule has 0 saturated carbocycles. The summed E-state index contributed by atoms with van der Waals surface area (Å²) in [6, 6.07) is 14.5. The third kappa shape index (κ3) is 4.30. The maximum absolute atomic E-state index is 12.1.